The Hall–Kier alpha value is -4.71. The molecular weight excluding hydrogens is 600 g/mol. The maximum atomic E-state index is 12.4. The molecule has 0 aromatic heterocycles. The molecule has 4 aromatic rings. The van der Waals surface area contributed by atoms with Gasteiger partial charge in [0.15, 0.2) is 0 Å². The summed E-state index contributed by atoms with van der Waals surface area (Å²) in [5, 5.41) is 30.4. The molecule has 0 atom stereocenters. The zero-order valence-corrected chi connectivity index (χ0v) is 28.5. The maximum absolute atomic E-state index is 12.4. The third kappa shape index (κ3) is 3.61. The molecule has 3 aliphatic rings. The van der Waals surface area contributed by atoms with E-state index in [1.807, 2.05) is 36.4 Å². The zero-order valence-electron chi connectivity index (χ0n) is 28.5. The van der Waals surface area contributed by atoms with Gasteiger partial charge in [-0.25, -0.2) is 14.4 Å². The number of hydrogen-bond donors (Lipinski definition) is 3. The molecule has 0 unspecified atom stereocenters. The molecule has 246 valence electrons. The molecule has 3 aliphatic carbocycles. The lowest BCUT2D eigenvalue weighted by atomic mass is 9.65. The predicted molar refractivity (Wildman–Crippen MR) is 188 cm³/mol. The Balaban J connectivity index is 1.79. The second-order valence-electron chi connectivity index (χ2n) is 13.8. The van der Waals surface area contributed by atoms with E-state index in [0.29, 0.717) is 0 Å². The van der Waals surface area contributed by atoms with Gasteiger partial charge in [-0.2, -0.15) is 0 Å². The number of carbonyl (C=O) groups is 3. The molecule has 0 bridgehead atoms. The first-order valence-electron chi connectivity index (χ1n) is 17.4. The molecule has 0 heterocycles. The van der Waals surface area contributed by atoms with Crippen LogP contribution in [0.1, 0.15) is 145 Å². The van der Waals surface area contributed by atoms with Crippen molar-refractivity contribution >= 4 is 17.9 Å². The Kier molecular flexibility index (Phi) is 7.07. The van der Waals surface area contributed by atoms with Gasteiger partial charge in [-0.05, 0) is 142 Å². The van der Waals surface area contributed by atoms with Crippen molar-refractivity contribution in [3.63, 3.8) is 0 Å². The fraction of sp³-hybridized carbons (Fsp3) is 0.357. The lowest BCUT2D eigenvalue weighted by molar-refractivity contribution is 0.0686. The molecule has 0 radical (unpaired) electrons. The summed E-state index contributed by atoms with van der Waals surface area (Å²) < 4.78 is 0. The number of aromatic carboxylic acids is 3. The molecule has 4 aromatic carbocycles. The van der Waals surface area contributed by atoms with E-state index in [1.165, 1.54) is 16.7 Å². The van der Waals surface area contributed by atoms with Gasteiger partial charge in [0, 0.05) is 16.2 Å². The van der Waals surface area contributed by atoms with Crippen molar-refractivity contribution in [2.45, 2.75) is 96.3 Å². The number of hydrogen-bond acceptors (Lipinski definition) is 3. The largest absolute Gasteiger partial charge is 0.478 e. The van der Waals surface area contributed by atoms with E-state index < -0.39 is 34.2 Å². The lowest BCUT2D eigenvalue weighted by Gasteiger charge is -2.37. The standard InChI is InChI=1S/C42H42O6/c1-7-40(8-2)28-19-22(37(43)44)13-16-25(28)31-34(40)32-26-17-14-23(38(45)46)20-29(26)41(9-3,10-4)36(32)33-27-18-15-24(39(47)48)21-30(27)42(11-5,12-6)35(31)33/h13-21H,7-12H2,1-6H3,(H,43,44)(H,45,46)(H,47,48). The van der Waals surface area contributed by atoms with Gasteiger partial charge < -0.3 is 15.3 Å². The summed E-state index contributed by atoms with van der Waals surface area (Å²) in [7, 11) is 0. The zero-order chi connectivity index (χ0) is 34.5. The van der Waals surface area contributed by atoms with Crippen molar-refractivity contribution in [2.75, 3.05) is 0 Å². The summed E-state index contributed by atoms with van der Waals surface area (Å²) in [5.41, 5.74) is 12.6. The average Bonchev–Trinajstić information content (AvgIpc) is 3.66. The SMILES string of the molecule is CCC1(CC)c2cc(C(=O)O)ccc2-c2c1c1c(c3c2C(CC)(CC)c2cc(C(=O)O)ccc2-3)C(CC)(CC)c2cc(C(=O)O)ccc2-1. The summed E-state index contributed by atoms with van der Waals surface area (Å²) in [5.74, 6) is -2.88. The van der Waals surface area contributed by atoms with E-state index in [4.69, 9.17) is 0 Å². The molecule has 3 N–H and O–H groups in total. The number of benzene rings is 4. The monoisotopic (exact) mass is 642 g/mol. The van der Waals surface area contributed by atoms with E-state index in [2.05, 4.69) is 41.5 Å². The Morgan fingerprint density at radius 1 is 0.438 bits per heavy atom. The molecule has 48 heavy (non-hydrogen) atoms. The highest BCUT2D eigenvalue weighted by Gasteiger charge is 2.56. The minimum absolute atomic E-state index is 0.260. The van der Waals surface area contributed by atoms with E-state index in [9.17, 15) is 29.7 Å². The van der Waals surface area contributed by atoms with E-state index in [0.717, 1.165) is 88.6 Å². The summed E-state index contributed by atoms with van der Waals surface area (Å²) >= 11 is 0. The molecule has 0 spiro atoms. The van der Waals surface area contributed by atoms with Crippen LogP contribution in [-0.2, 0) is 16.2 Å². The van der Waals surface area contributed by atoms with Crippen LogP contribution >= 0.6 is 0 Å². The number of carboxylic acid groups (broad SMARTS) is 3. The Morgan fingerprint density at radius 3 is 0.854 bits per heavy atom. The fourth-order valence-corrected chi connectivity index (χ4v) is 10.2. The van der Waals surface area contributed by atoms with Crippen LogP contribution in [0.2, 0.25) is 0 Å². The van der Waals surface area contributed by atoms with Gasteiger partial charge in [0.2, 0.25) is 0 Å². The molecule has 0 amide bonds. The van der Waals surface area contributed by atoms with E-state index >= 15 is 0 Å². The first-order chi connectivity index (χ1) is 23.0. The van der Waals surface area contributed by atoms with Gasteiger partial charge in [0.25, 0.3) is 0 Å². The maximum Gasteiger partial charge on any atom is 0.335 e. The lowest BCUT2D eigenvalue weighted by Crippen LogP contribution is -2.29. The van der Waals surface area contributed by atoms with Crippen molar-refractivity contribution < 1.29 is 29.7 Å². The van der Waals surface area contributed by atoms with Crippen molar-refractivity contribution in [2.24, 2.45) is 0 Å². The molecule has 0 saturated carbocycles. The number of rotatable bonds is 9. The van der Waals surface area contributed by atoms with E-state index in [-0.39, 0.29) is 16.7 Å². The second-order valence-corrected chi connectivity index (χ2v) is 13.8. The van der Waals surface area contributed by atoms with Crippen molar-refractivity contribution in [1.82, 2.24) is 0 Å². The Labute approximate surface area is 281 Å². The molecule has 6 heteroatoms. The minimum Gasteiger partial charge on any atom is -0.478 e. The first kappa shape index (κ1) is 31.9. The third-order valence-corrected chi connectivity index (χ3v) is 12.7. The van der Waals surface area contributed by atoms with Crippen LogP contribution in [0.15, 0.2) is 54.6 Å². The molecule has 0 aliphatic heterocycles. The van der Waals surface area contributed by atoms with Crippen LogP contribution in [0.4, 0.5) is 0 Å². The smallest absolute Gasteiger partial charge is 0.335 e. The van der Waals surface area contributed by atoms with Gasteiger partial charge in [-0.3, -0.25) is 0 Å². The molecule has 6 nitrogen and oxygen atoms in total. The van der Waals surface area contributed by atoms with Crippen molar-refractivity contribution in [3.8, 4) is 33.4 Å². The van der Waals surface area contributed by atoms with Gasteiger partial charge in [-0.15, -0.1) is 0 Å². The van der Waals surface area contributed by atoms with Gasteiger partial charge in [0.1, 0.15) is 0 Å². The summed E-state index contributed by atoms with van der Waals surface area (Å²) in [6.07, 6.45) is 4.54. The average molecular weight is 643 g/mol. The van der Waals surface area contributed by atoms with Crippen LogP contribution in [0.5, 0.6) is 0 Å². The van der Waals surface area contributed by atoms with Gasteiger partial charge >= 0.3 is 17.9 Å². The Morgan fingerprint density at radius 2 is 0.667 bits per heavy atom. The van der Waals surface area contributed by atoms with Crippen LogP contribution in [0.3, 0.4) is 0 Å². The van der Waals surface area contributed by atoms with Crippen molar-refractivity contribution in [3.05, 3.63) is 105 Å². The quantitative estimate of drug-likeness (QED) is 0.168. The highest BCUT2D eigenvalue weighted by molar-refractivity contribution is 6.06. The van der Waals surface area contributed by atoms with E-state index in [1.54, 1.807) is 18.2 Å². The summed E-state index contributed by atoms with van der Waals surface area (Å²) in [6, 6.07) is 16.8. The predicted octanol–water partition coefficient (Wildman–Crippen LogP) is 10.0. The molecule has 0 fully saturated rings. The molecule has 0 saturated heterocycles. The third-order valence-electron chi connectivity index (χ3n) is 12.7. The van der Waals surface area contributed by atoms with Crippen molar-refractivity contribution in [1.29, 1.82) is 0 Å². The second kappa shape index (κ2) is 10.6. The van der Waals surface area contributed by atoms with Crippen LogP contribution in [0.25, 0.3) is 33.4 Å². The van der Waals surface area contributed by atoms with Crippen LogP contribution in [0, 0.1) is 0 Å². The highest BCUT2D eigenvalue weighted by Crippen LogP contribution is 2.70. The Bertz CT molecular complexity index is 1830. The highest BCUT2D eigenvalue weighted by atomic mass is 16.4. The minimum atomic E-state index is -0.960. The van der Waals surface area contributed by atoms with Gasteiger partial charge in [0.05, 0.1) is 16.7 Å². The van der Waals surface area contributed by atoms with Crippen LogP contribution in [-0.4, -0.2) is 33.2 Å². The molecule has 7 rings (SSSR count). The fourth-order valence-electron chi connectivity index (χ4n) is 10.2. The van der Waals surface area contributed by atoms with Gasteiger partial charge in [-0.1, -0.05) is 59.7 Å². The number of fused-ring (bicyclic) bond motifs is 12. The van der Waals surface area contributed by atoms with Crippen LogP contribution < -0.4 is 0 Å². The number of carboxylic acids is 3. The normalized spacial score (nSPS) is 16.4. The molecular formula is C42H42O6. The first-order valence-corrected chi connectivity index (χ1v) is 17.4. The summed E-state index contributed by atoms with van der Waals surface area (Å²) in [6.45, 7) is 13.1. The topological polar surface area (TPSA) is 112 Å². The summed E-state index contributed by atoms with van der Waals surface area (Å²) in [4.78, 5) is 37.2.